The molecule has 1 amide bonds. The maximum atomic E-state index is 12.9. The number of hydrogen-bond donors (Lipinski definition) is 0. The minimum Gasteiger partial charge on any atom is -0.376 e. The molecule has 0 aliphatic rings. The molecule has 0 radical (unpaired) electrons. The zero-order chi connectivity index (χ0) is 18.7. The van der Waals surface area contributed by atoms with Crippen LogP contribution in [0.2, 0.25) is 0 Å². The predicted molar refractivity (Wildman–Crippen MR) is 103 cm³/mol. The minimum absolute atomic E-state index is 0.0275. The molecule has 0 N–H and O–H groups in total. The van der Waals surface area contributed by atoms with E-state index in [1.54, 1.807) is 11.1 Å². The van der Waals surface area contributed by atoms with Crippen LogP contribution < -0.4 is 0 Å². The fourth-order valence-electron chi connectivity index (χ4n) is 2.63. The van der Waals surface area contributed by atoms with Gasteiger partial charge in [0.1, 0.15) is 11.6 Å². The largest absolute Gasteiger partial charge is 0.376 e. The van der Waals surface area contributed by atoms with E-state index in [-0.39, 0.29) is 17.5 Å². The van der Waals surface area contributed by atoms with E-state index in [0.717, 1.165) is 37.9 Å². The molecule has 1 aromatic rings. The average Bonchev–Trinajstić information content (AvgIpc) is 2.62. The van der Waals surface area contributed by atoms with E-state index in [9.17, 15) is 10.1 Å². The first-order chi connectivity index (χ1) is 12.0. The molecule has 0 bridgehead atoms. The molecule has 0 unspecified atom stereocenters. The number of nitrogens with zero attached hydrogens (tertiary/aromatic N) is 3. The van der Waals surface area contributed by atoms with E-state index in [0.29, 0.717) is 6.54 Å². The number of amides is 1. The van der Waals surface area contributed by atoms with Crippen molar-refractivity contribution >= 4 is 5.91 Å². The van der Waals surface area contributed by atoms with Gasteiger partial charge in [-0.25, -0.2) is 0 Å². The molecule has 1 aromatic carbocycles. The van der Waals surface area contributed by atoms with Crippen LogP contribution in [0.5, 0.6) is 0 Å². The number of nitriles is 1. The van der Waals surface area contributed by atoms with Gasteiger partial charge in [-0.3, -0.25) is 4.79 Å². The van der Waals surface area contributed by atoms with E-state index in [1.165, 1.54) is 0 Å². The van der Waals surface area contributed by atoms with Gasteiger partial charge in [0.25, 0.3) is 5.91 Å². The normalized spacial score (nSPS) is 11.3. The summed E-state index contributed by atoms with van der Waals surface area (Å²) in [5.41, 5.74) is 1.28. The quantitative estimate of drug-likeness (QED) is 0.470. The first-order valence-electron chi connectivity index (χ1n) is 9.24. The Kier molecular flexibility index (Phi) is 9.39. The van der Waals surface area contributed by atoms with Crippen molar-refractivity contribution in [3.8, 4) is 6.07 Å². The van der Waals surface area contributed by atoms with Crippen LogP contribution in [0.1, 0.15) is 52.5 Å². The van der Waals surface area contributed by atoms with Crippen LogP contribution in [0.15, 0.2) is 42.1 Å². The Labute approximate surface area is 152 Å². The van der Waals surface area contributed by atoms with E-state index in [4.69, 9.17) is 0 Å². The molecule has 136 valence electrons. The Morgan fingerprint density at radius 1 is 1.16 bits per heavy atom. The summed E-state index contributed by atoms with van der Waals surface area (Å²) in [6.45, 7) is 10.5. The smallest absolute Gasteiger partial charge is 0.266 e. The van der Waals surface area contributed by atoms with Gasteiger partial charge in [-0.1, -0.05) is 50.6 Å². The van der Waals surface area contributed by atoms with Crippen molar-refractivity contribution in [3.63, 3.8) is 0 Å². The van der Waals surface area contributed by atoms with E-state index in [2.05, 4.69) is 24.8 Å². The minimum atomic E-state index is -0.195. The lowest BCUT2D eigenvalue weighted by molar-refractivity contribution is -0.129. The molecule has 0 saturated heterocycles. The summed E-state index contributed by atoms with van der Waals surface area (Å²) in [5, 5.41) is 9.54. The highest BCUT2D eigenvalue weighted by Crippen LogP contribution is 2.13. The number of unbranched alkanes of at least 4 members (excludes halogenated alkanes) is 1. The van der Waals surface area contributed by atoms with Gasteiger partial charge in [0.2, 0.25) is 0 Å². The summed E-state index contributed by atoms with van der Waals surface area (Å²) < 4.78 is 0. The zero-order valence-electron chi connectivity index (χ0n) is 16.0. The highest BCUT2D eigenvalue weighted by Gasteiger charge is 2.22. The van der Waals surface area contributed by atoms with Crippen molar-refractivity contribution in [2.75, 3.05) is 13.1 Å². The second-order valence-electron chi connectivity index (χ2n) is 6.56. The second kappa shape index (κ2) is 11.3. The van der Waals surface area contributed by atoms with Gasteiger partial charge in [0, 0.05) is 31.9 Å². The molecule has 0 heterocycles. The van der Waals surface area contributed by atoms with E-state index < -0.39 is 0 Å². The number of benzene rings is 1. The summed E-state index contributed by atoms with van der Waals surface area (Å²) in [4.78, 5) is 16.8. The summed E-state index contributed by atoms with van der Waals surface area (Å²) >= 11 is 0. The summed E-state index contributed by atoms with van der Waals surface area (Å²) in [7, 11) is 0. The fraction of sp³-hybridized carbons (Fsp3) is 0.524. The van der Waals surface area contributed by atoms with Crippen molar-refractivity contribution < 1.29 is 4.79 Å². The van der Waals surface area contributed by atoms with Crippen LogP contribution in [0.4, 0.5) is 0 Å². The summed E-state index contributed by atoms with van der Waals surface area (Å²) in [6.07, 6.45) is 4.89. The maximum absolute atomic E-state index is 12.9. The van der Waals surface area contributed by atoms with Gasteiger partial charge in [-0.05, 0) is 32.3 Å². The fourth-order valence-corrected chi connectivity index (χ4v) is 2.63. The standard InChI is InChI=1S/C21H31N3O/c1-5-7-14-23(13-6-2)17-20(15-22)21(25)24(18(3)4)16-19-11-9-8-10-12-19/h8-12,17-18H,5-7,13-14,16H2,1-4H3/b20-17-. The SMILES string of the molecule is CCCCN(/C=C(/C#N)C(=O)N(Cc1ccccc1)C(C)C)CCC. The lowest BCUT2D eigenvalue weighted by atomic mass is 10.1. The number of carbonyl (C=O) groups is 1. The molecule has 4 nitrogen and oxygen atoms in total. The molecule has 0 aliphatic carbocycles. The molecule has 25 heavy (non-hydrogen) atoms. The first kappa shape index (κ1) is 20.8. The third-order valence-corrected chi connectivity index (χ3v) is 4.05. The topological polar surface area (TPSA) is 47.3 Å². The van der Waals surface area contributed by atoms with Gasteiger partial charge in [0.15, 0.2) is 0 Å². The summed E-state index contributed by atoms with van der Waals surface area (Å²) in [6, 6.07) is 12.0. The molecule has 0 fully saturated rings. The van der Waals surface area contributed by atoms with Gasteiger partial charge in [-0.15, -0.1) is 0 Å². The van der Waals surface area contributed by atoms with E-state index in [1.807, 2.05) is 44.2 Å². The molecule has 0 aliphatic heterocycles. The lowest BCUT2D eigenvalue weighted by Gasteiger charge is -2.27. The Balaban J connectivity index is 2.98. The van der Waals surface area contributed by atoms with Crippen LogP contribution in [-0.4, -0.2) is 34.8 Å². The molecule has 0 aromatic heterocycles. The van der Waals surface area contributed by atoms with Crippen LogP contribution in [0, 0.1) is 11.3 Å². The molecular formula is C21H31N3O. The maximum Gasteiger partial charge on any atom is 0.266 e. The predicted octanol–water partition coefficient (Wildman–Crippen LogP) is 4.34. The molecule has 0 saturated carbocycles. The Hall–Kier alpha value is -2.28. The monoisotopic (exact) mass is 341 g/mol. The molecular weight excluding hydrogens is 310 g/mol. The Morgan fingerprint density at radius 2 is 1.84 bits per heavy atom. The molecule has 0 spiro atoms. The number of rotatable bonds is 10. The van der Waals surface area contributed by atoms with Gasteiger partial charge < -0.3 is 9.80 Å². The highest BCUT2D eigenvalue weighted by atomic mass is 16.2. The molecule has 0 atom stereocenters. The first-order valence-corrected chi connectivity index (χ1v) is 9.24. The van der Waals surface area contributed by atoms with Crippen LogP contribution >= 0.6 is 0 Å². The average molecular weight is 341 g/mol. The van der Waals surface area contributed by atoms with E-state index >= 15 is 0 Å². The lowest BCUT2D eigenvalue weighted by Crippen LogP contribution is -2.37. The van der Waals surface area contributed by atoms with Crippen LogP contribution in [0.3, 0.4) is 0 Å². The van der Waals surface area contributed by atoms with Gasteiger partial charge >= 0.3 is 0 Å². The van der Waals surface area contributed by atoms with Gasteiger partial charge in [-0.2, -0.15) is 5.26 Å². The number of carbonyl (C=O) groups excluding carboxylic acids is 1. The highest BCUT2D eigenvalue weighted by molar-refractivity contribution is 5.97. The summed E-state index contributed by atoms with van der Waals surface area (Å²) in [5.74, 6) is -0.195. The van der Waals surface area contributed by atoms with Crippen molar-refractivity contribution in [3.05, 3.63) is 47.7 Å². The van der Waals surface area contributed by atoms with Crippen LogP contribution in [0.25, 0.3) is 0 Å². The third-order valence-electron chi connectivity index (χ3n) is 4.05. The number of hydrogen-bond acceptors (Lipinski definition) is 3. The Bertz CT molecular complexity index is 587. The molecule has 1 rings (SSSR count). The Morgan fingerprint density at radius 3 is 2.36 bits per heavy atom. The van der Waals surface area contributed by atoms with Crippen molar-refractivity contribution in [1.82, 2.24) is 9.80 Å². The third kappa shape index (κ3) is 7.01. The molecule has 4 heteroatoms. The van der Waals surface area contributed by atoms with Crippen molar-refractivity contribution in [2.24, 2.45) is 0 Å². The van der Waals surface area contributed by atoms with Crippen molar-refractivity contribution in [1.29, 1.82) is 5.26 Å². The zero-order valence-corrected chi connectivity index (χ0v) is 16.0. The van der Waals surface area contributed by atoms with Crippen molar-refractivity contribution in [2.45, 2.75) is 59.5 Å². The second-order valence-corrected chi connectivity index (χ2v) is 6.56. The van der Waals surface area contributed by atoms with Gasteiger partial charge in [0.05, 0.1) is 0 Å². The van der Waals surface area contributed by atoms with Crippen LogP contribution in [-0.2, 0) is 11.3 Å².